The summed E-state index contributed by atoms with van der Waals surface area (Å²) < 4.78 is 18.2. The summed E-state index contributed by atoms with van der Waals surface area (Å²) >= 11 is 2.68. The molecule has 27 heavy (non-hydrogen) atoms. The number of ether oxygens (including phenoxy) is 1. The number of hydrogen-bond acceptors (Lipinski definition) is 6. The maximum atomic E-state index is 13.4. The Morgan fingerprint density at radius 1 is 1.30 bits per heavy atom. The van der Waals surface area contributed by atoms with Gasteiger partial charge in [0.15, 0.2) is 0 Å². The van der Waals surface area contributed by atoms with Crippen molar-refractivity contribution in [2.45, 2.75) is 20.3 Å². The van der Waals surface area contributed by atoms with E-state index in [9.17, 15) is 14.0 Å². The minimum absolute atomic E-state index is 0.0580. The molecule has 0 aliphatic carbocycles. The van der Waals surface area contributed by atoms with E-state index in [1.54, 1.807) is 17.5 Å². The van der Waals surface area contributed by atoms with Crippen LogP contribution in [0.15, 0.2) is 29.6 Å². The number of thiophene rings is 1. The average molecular weight is 404 g/mol. The van der Waals surface area contributed by atoms with Gasteiger partial charge in [-0.15, -0.1) is 22.7 Å². The molecule has 140 valence electrons. The van der Waals surface area contributed by atoms with Crippen molar-refractivity contribution in [3.8, 4) is 10.6 Å². The highest BCUT2D eigenvalue weighted by atomic mass is 32.1. The third-order valence-corrected chi connectivity index (χ3v) is 6.06. The first-order valence-electron chi connectivity index (χ1n) is 8.07. The number of aromatic nitrogens is 1. The summed E-state index contributed by atoms with van der Waals surface area (Å²) in [5.74, 6) is -1.09. The molecule has 2 aromatic heterocycles. The van der Waals surface area contributed by atoms with E-state index in [0.29, 0.717) is 26.8 Å². The highest BCUT2D eigenvalue weighted by Gasteiger charge is 2.22. The van der Waals surface area contributed by atoms with Gasteiger partial charge in [0.1, 0.15) is 15.8 Å². The summed E-state index contributed by atoms with van der Waals surface area (Å²) in [7, 11) is 1.31. The number of nitrogens with one attached hydrogen (secondary N) is 1. The largest absolute Gasteiger partial charge is 0.465 e. The van der Waals surface area contributed by atoms with Crippen LogP contribution in [0.5, 0.6) is 0 Å². The first-order chi connectivity index (χ1) is 12.9. The lowest BCUT2D eigenvalue weighted by molar-refractivity contribution is -0.115. The van der Waals surface area contributed by atoms with Crippen molar-refractivity contribution >= 4 is 39.6 Å². The van der Waals surface area contributed by atoms with Crippen LogP contribution in [0.4, 0.5) is 9.39 Å². The van der Waals surface area contributed by atoms with Gasteiger partial charge in [0.2, 0.25) is 5.91 Å². The van der Waals surface area contributed by atoms with Crippen molar-refractivity contribution in [3.05, 3.63) is 57.2 Å². The van der Waals surface area contributed by atoms with Crippen molar-refractivity contribution in [2.75, 3.05) is 12.4 Å². The van der Waals surface area contributed by atoms with Crippen LogP contribution in [0, 0.1) is 19.7 Å². The number of esters is 1. The Morgan fingerprint density at radius 2 is 2.07 bits per heavy atom. The second-order valence-electron chi connectivity index (χ2n) is 5.86. The maximum absolute atomic E-state index is 13.4. The Labute approximate surface area is 163 Å². The van der Waals surface area contributed by atoms with Crippen LogP contribution >= 0.6 is 22.7 Å². The molecule has 0 saturated carbocycles. The van der Waals surface area contributed by atoms with Crippen LogP contribution in [-0.2, 0) is 16.0 Å². The molecule has 3 rings (SSSR count). The van der Waals surface area contributed by atoms with Gasteiger partial charge in [-0.05, 0) is 31.5 Å². The Balaban J connectivity index is 1.74. The molecule has 1 N–H and O–H groups in total. The standard InChI is InChI=1S/C19H17FN2O3S2/c1-10-11(2)27-18(16(10)19(24)25-3)22-15(23)8-14-9-26-17(21-14)12-5-4-6-13(20)7-12/h4-7,9H,8H2,1-3H3,(H,22,23). The zero-order valence-corrected chi connectivity index (χ0v) is 16.6. The van der Waals surface area contributed by atoms with Gasteiger partial charge in [0, 0.05) is 15.8 Å². The van der Waals surface area contributed by atoms with Gasteiger partial charge >= 0.3 is 5.97 Å². The molecule has 0 bridgehead atoms. The molecule has 0 radical (unpaired) electrons. The summed E-state index contributed by atoms with van der Waals surface area (Å²) in [6.07, 6.45) is 0.0580. The molecule has 8 heteroatoms. The smallest absolute Gasteiger partial charge is 0.341 e. The van der Waals surface area contributed by atoms with Crippen molar-refractivity contribution in [1.82, 2.24) is 4.98 Å². The van der Waals surface area contributed by atoms with E-state index in [1.165, 1.54) is 41.9 Å². The molecular weight excluding hydrogens is 387 g/mol. The van der Waals surface area contributed by atoms with Gasteiger partial charge in [-0.3, -0.25) is 4.79 Å². The predicted molar refractivity (Wildman–Crippen MR) is 105 cm³/mol. The van der Waals surface area contributed by atoms with Gasteiger partial charge in [-0.2, -0.15) is 0 Å². The number of thiazole rings is 1. The van der Waals surface area contributed by atoms with Crippen LogP contribution in [0.3, 0.4) is 0 Å². The fourth-order valence-electron chi connectivity index (χ4n) is 2.54. The first kappa shape index (κ1) is 19.2. The number of rotatable bonds is 5. The number of methoxy groups -OCH3 is 1. The highest BCUT2D eigenvalue weighted by molar-refractivity contribution is 7.16. The molecule has 0 saturated heterocycles. The monoisotopic (exact) mass is 404 g/mol. The molecule has 0 aliphatic rings. The third-order valence-electron chi connectivity index (χ3n) is 3.99. The summed E-state index contributed by atoms with van der Waals surface area (Å²) in [5, 5.41) is 5.67. The summed E-state index contributed by atoms with van der Waals surface area (Å²) in [6, 6.07) is 6.16. The lowest BCUT2D eigenvalue weighted by atomic mass is 10.1. The van der Waals surface area contributed by atoms with E-state index in [0.717, 1.165) is 10.4 Å². The topological polar surface area (TPSA) is 68.3 Å². The fraction of sp³-hybridized carbons (Fsp3) is 0.211. The first-order valence-corrected chi connectivity index (χ1v) is 9.77. The summed E-state index contributed by atoms with van der Waals surface area (Å²) in [4.78, 5) is 29.7. The maximum Gasteiger partial charge on any atom is 0.341 e. The molecule has 5 nitrogen and oxygen atoms in total. The van der Waals surface area contributed by atoms with E-state index in [2.05, 4.69) is 10.3 Å². The summed E-state index contributed by atoms with van der Waals surface area (Å²) in [6.45, 7) is 3.70. The van der Waals surface area contributed by atoms with E-state index < -0.39 is 5.97 Å². The molecule has 0 aliphatic heterocycles. The zero-order chi connectivity index (χ0) is 19.6. The van der Waals surface area contributed by atoms with Gasteiger partial charge in [-0.1, -0.05) is 12.1 Å². The van der Waals surface area contributed by atoms with Crippen LogP contribution in [0.2, 0.25) is 0 Å². The molecule has 0 unspecified atom stereocenters. The quantitative estimate of drug-likeness (QED) is 0.631. The lowest BCUT2D eigenvalue weighted by Gasteiger charge is -2.05. The van der Waals surface area contributed by atoms with Crippen LogP contribution in [0.25, 0.3) is 10.6 Å². The number of anilines is 1. The van der Waals surface area contributed by atoms with Gasteiger partial charge < -0.3 is 10.1 Å². The van der Waals surface area contributed by atoms with Crippen LogP contribution in [0.1, 0.15) is 26.5 Å². The number of hydrogen-bond donors (Lipinski definition) is 1. The predicted octanol–water partition coefficient (Wildman–Crippen LogP) is 4.60. The number of benzene rings is 1. The van der Waals surface area contributed by atoms with Crippen LogP contribution in [-0.4, -0.2) is 24.0 Å². The lowest BCUT2D eigenvalue weighted by Crippen LogP contribution is -2.16. The second-order valence-corrected chi connectivity index (χ2v) is 7.94. The molecule has 1 aromatic carbocycles. The Morgan fingerprint density at radius 3 is 2.78 bits per heavy atom. The highest BCUT2D eigenvalue weighted by Crippen LogP contribution is 2.33. The molecule has 1 amide bonds. The molecule has 2 heterocycles. The fourth-order valence-corrected chi connectivity index (χ4v) is 4.42. The number of amides is 1. The molecular formula is C19H17FN2O3S2. The van der Waals surface area contributed by atoms with E-state index in [1.807, 2.05) is 13.8 Å². The Kier molecular flexibility index (Phi) is 5.67. The molecule has 3 aromatic rings. The SMILES string of the molecule is COC(=O)c1c(NC(=O)Cc2csc(-c3cccc(F)c3)n2)sc(C)c1C. The number of carbonyl (C=O) groups excluding carboxylic acids is 2. The van der Waals surface area contributed by atoms with E-state index >= 15 is 0 Å². The van der Waals surface area contributed by atoms with Gasteiger partial charge in [0.25, 0.3) is 0 Å². The Hall–Kier alpha value is -2.58. The van der Waals surface area contributed by atoms with Crippen molar-refractivity contribution in [2.24, 2.45) is 0 Å². The summed E-state index contributed by atoms with van der Waals surface area (Å²) in [5.41, 5.74) is 2.43. The Bertz CT molecular complexity index is 1010. The van der Waals surface area contributed by atoms with Crippen molar-refractivity contribution in [1.29, 1.82) is 0 Å². The minimum Gasteiger partial charge on any atom is -0.465 e. The van der Waals surface area contributed by atoms with Gasteiger partial charge in [0.05, 0.1) is 24.8 Å². The van der Waals surface area contributed by atoms with Gasteiger partial charge in [-0.25, -0.2) is 14.2 Å². The molecule has 0 fully saturated rings. The molecule has 0 spiro atoms. The number of nitrogens with zero attached hydrogens (tertiary/aromatic N) is 1. The third kappa shape index (κ3) is 4.23. The normalized spacial score (nSPS) is 10.7. The van der Waals surface area contributed by atoms with Crippen molar-refractivity contribution < 1.29 is 18.7 Å². The van der Waals surface area contributed by atoms with E-state index in [-0.39, 0.29) is 18.1 Å². The van der Waals surface area contributed by atoms with Crippen LogP contribution < -0.4 is 5.32 Å². The minimum atomic E-state index is -0.478. The van der Waals surface area contributed by atoms with Crippen molar-refractivity contribution in [3.63, 3.8) is 0 Å². The average Bonchev–Trinajstić information content (AvgIpc) is 3.19. The number of halogens is 1. The van der Waals surface area contributed by atoms with E-state index in [4.69, 9.17) is 4.74 Å². The number of aryl methyl sites for hydroxylation is 1. The second kappa shape index (κ2) is 7.98. The molecule has 0 atom stereocenters. The number of carbonyl (C=O) groups is 2. The zero-order valence-electron chi connectivity index (χ0n) is 15.0.